The van der Waals surface area contributed by atoms with E-state index in [0.717, 1.165) is 28.2 Å². The second-order valence-corrected chi connectivity index (χ2v) is 10.0. The third-order valence-electron chi connectivity index (χ3n) is 6.61. The van der Waals surface area contributed by atoms with Gasteiger partial charge in [0.2, 0.25) is 16.9 Å². The Bertz CT molecular complexity index is 1280. The molecule has 1 atom stereocenters. The van der Waals surface area contributed by atoms with E-state index >= 15 is 0 Å². The first-order valence-electron chi connectivity index (χ1n) is 12.2. The summed E-state index contributed by atoms with van der Waals surface area (Å²) in [7, 11) is 0. The molecule has 1 aliphatic heterocycles. The fraction of sp³-hybridized carbons (Fsp3) is 0.241. The Hall–Kier alpha value is -3.84. The number of hydrogen-bond donors (Lipinski definition) is 1. The number of nitrogens with one attached hydrogen (secondary N) is 1. The minimum Gasteiger partial charge on any atom is -0.312 e. The van der Waals surface area contributed by atoms with Gasteiger partial charge in [-0.15, -0.1) is 10.2 Å². The maximum Gasteiger partial charge on any atom is 0.227 e. The molecule has 3 aromatic carbocycles. The molecule has 1 N–H and O–H groups in total. The van der Waals surface area contributed by atoms with Crippen molar-refractivity contribution in [3.05, 3.63) is 107 Å². The minimum absolute atomic E-state index is 0.0344. The van der Waals surface area contributed by atoms with Crippen molar-refractivity contribution in [3.8, 4) is 0 Å². The quantitative estimate of drug-likeness (QED) is 0.335. The number of amides is 2. The summed E-state index contributed by atoms with van der Waals surface area (Å²) >= 11 is 1.35. The summed E-state index contributed by atoms with van der Waals surface area (Å²) in [4.78, 5) is 27.5. The Morgan fingerprint density at radius 3 is 2.22 bits per heavy atom. The average molecular weight is 497 g/mol. The van der Waals surface area contributed by atoms with E-state index in [1.54, 1.807) is 0 Å². The summed E-state index contributed by atoms with van der Waals surface area (Å²) in [6, 6.07) is 28.2. The first kappa shape index (κ1) is 23.9. The Labute approximate surface area is 215 Å². The van der Waals surface area contributed by atoms with E-state index in [4.69, 9.17) is 0 Å². The minimum atomic E-state index is -0.115. The van der Waals surface area contributed by atoms with Crippen LogP contribution in [0.15, 0.2) is 84.9 Å². The third-order valence-corrected chi connectivity index (χ3v) is 7.61. The van der Waals surface area contributed by atoms with Crippen LogP contribution in [-0.4, -0.2) is 28.6 Å². The molecule has 2 amide bonds. The zero-order valence-corrected chi connectivity index (χ0v) is 20.9. The molecule has 0 bridgehead atoms. The number of rotatable bonds is 8. The van der Waals surface area contributed by atoms with E-state index in [-0.39, 0.29) is 23.7 Å². The molecule has 6 nitrogen and oxygen atoms in total. The van der Waals surface area contributed by atoms with Crippen molar-refractivity contribution in [2.45, 2.75) is 38.0 Å². The number of nitrogens with zero attached hydrogens (tertiary/aromatic N) is 3. The lowest BCUT2D eigenvalue weighted by Gasteiger charge is -2.17. The normalized spacial score (nSPS) is 15.4. The summed E-state index contributed by atoms with van der Waals surface area (Å²) in [5, 5.41) is 12.7. The molecule has 1 aromatic heterocycles. The van der Waals surface area contributed by atoms with Gasteiger partial charge in [0.05, 0.1) is 0 Å². The highest BCUT2D eigenvalue weighted by atomic mass is 32.1. The van der Waals surface area contributed by atoms with E-state index in [1.807, 2.05) is 77.7 Å². The van der Waals surface area contributed by atoms with Crippen LogP contribution in [0.4, 0.5) is 10.8 Å². The molecule has 2 heterocycles. The van der Waals surface area contributed by atoms with E-state index < -0.39 is 0 Å². The van der Waals surface area contributed by atoms with Crippen molar-refractivity contribution >= 4 is 34.0 Å². The van der Waals surface area contributed by atoms with E-state index in [9.17, 15) is 9.59 Å². The fourth-order valence-corrected chi connectivity index (χ4v) is 5.49. The van der Waals surface area contributed by atoms with Crippen molar-refractivity contribution < 1.29 is 9.59 Å². The zero-order chi connectivity index (χ0) is 24.9. The van der Waals surface area contributed by atoms with Gasteiger partial charge in [-0.3, -0.25) is 9.59 Å². The molecule has 182 valence electrons. The molecule has 0 spiro atoms. The van der Waals surface area contributed by atoms with Gasteiger partial charge in [0.15, 0.2) is 0 Å². The number of aromatic nitrogens is 2. The van der Waals surface area contributed by atoms with Gasteiger partial charge < -0.3 is 10.2 Å². The summed E-state index contributed by atoms with van der Waals surface area (Å²) < 4.78 is 0. The second-order valence-electron chi connectivity index (χ2n) is 9.00. The molecule has 5 rings (SSSR count). The SMILES string of the molecule is CCc1ccc(N2CC(c3nnc(NC(=O)CC(c4ccccc4)c4ccccc4)s3)CC2=O)cc1. The zero-order valence-electron chi connectivity index (χ0n) is 20.1. The van der Waals surface area contributed by atoms with Gasteiger partial charge in [0.25, 0.3) is 0 Å². The lowest BCUT2D eigenvalue weighted by molar-refractivity contribution is -0.117. The van der Waals surface area contributed by atoms with Gasteiger partial charge in [-0.1, -0.05) is 91.1 Å². The molecule has 7 heteroatoms. The van der Waals surface area contributed by atoms with Gasteiger partial charge >= 0.3 is 0 Å². The van der Waals surface area contributed by atoms with Crippen LogP contribution >= 0.6 is 11.3 Å². The Morgan fingerprint density at radius 1 is 0.972 bits per heavy atom. The van der Waals surface area contributed by atoms with Crippen molar-refractivity contribution in [3.63, 3.8) is 0 Å². The average Bonchev–Trinajstić information content (AvgIpc) is 3.55. The molecule has 4 aromatic rings. The van der Waals surface area contributed by atoms with Gasteiger partial charge in [-0.25, -0.2) is 0 Å². The highest BCUT2D eigenvalue weighted by Gasteiger charge is 2.34. The number of anilines is 2. The fourth-order valence-electron chi connectivity index (χ4n) is 4.64. The van der Waals surface area contributed by atoms with Crippen LogP contribution in [-0.2, 0) is 16.0 Å². The number of carbonyl (C=O) groups excluding carboxylic acids is 2. The summed E-state index contributed by atoms with van der Waals surface area (Å²) in [6.45, 7) is 2.68. The number of hydrogen-bond acceptors (Lipinski definition) is 5. The predicted molar refractivity (Wildman–Crippen MR) is 143 cm³/mol. The molecule has 1 saturated heterocycles. The maximum absolute atomic E-state index is 13.0. The lowest BCUT2D eigenvalue weighted by Crippen LogP contribution is -2.24. The monoisotopic (exact) mass is 496 g/mol. The Kier molecular flexibility index (Phi) is 7.18. The van der Waals surface area contributed by atoms with Gasteiger partial charge in [-0.05, 0) is 35.2 Å². The molecular formula is C29H28N4O2S. The second kappa shape index (κ2) is 10.8. The third kappa shape index (κ3) is 5.36. The maximum atomic E-state index is 13.0. The highest BCUT2D eigenvalue weighted by Crippen LogP contribution is 2.35. The van der Waals surface area contributed by atoms with Crippen LogP contribution in [0.2, 0.25) is 0 Å². The topological polar surface area (TPSA) is 75.2 Å². The van der Waals surface area contributed by atoms with Crippen LogP contribution < -0.4 is 10.2 Å². The molecule has 0 aliphatic carbocycles. The summed E-state index contributed by atoms with van der Waals surface area (Å²) in [6.07, 6.45) is 1.65. The molecule has 1 unspecified atom stereocenters. The van der Waals surface area contributed by atoms with Crippen molar-refractivity contribution in [2.75, 3.05) is 16.8 Å². The van der Waals surface area contributed by atoms with Crippen LogP contribution in [0.1, 0.15) is 53.3 Å². The van der Waals surface area contributed by atoms with E-state index in [1.165, 1.54) is 16.9 Å². The molecule has 36 heavy (non-hydrogen) atoms. The number of carbonyl (C=O) groups is 2. The molecule has 1 fully saturated rings. The number of aryl methyl sites for hydroxylation is 1. The van der Waals surface area contributed by atoms with Crippen LogP contribution in [0, 0.1) is 0 Å². The Morgan fingerprint density at radius 2 is 1.61 bits per heavy atom. The van der Waals surface area contributed by atoms with E-state index in [0.29, 0.717) is 24.5 Å². The molecular weight excluding hydrogens is 468 g/mol. The van der Waals surface area contributed by atoms with Gasteiger partial charge in [0.1, 0.15) is 5.01 Å². The predicted octanol–water partition coefficient (Wildman–Crippen LogP) is 5.78. The van der Waals surface area contributed by atoms with Crippen molar-refractivity contribution in [1.82, 2.24) is 10.2 Å². The number of benzene rings is 3. The summed E-state index contributed by atoms with van der Waals surface area (Å²) in [5.41, 5.74) is 4.33. The molecule has 0 radical (unpaired) electrons. The van der Waals surface area contributed by atoms with Crippen molar-refractivity contribution in [1.29, 1.82) is 0 Å². The van der Waals surface area contributed by atoms with Gasteiger partial charge in [0, 0.05) is 36.9 Å². The van der Waals surface area contributed by atoms with Gasteiger partial charge in [-0.2, -0.15) is 0 Å². The molecule has 1 aliphatic rings. The first-order valence-corrected chi connectivity index (χ1v) is 13.0. The largest absolute Gasteiger partial charge is 0.312 e. The standard InChI is InChI=1S/C29H28N4O2S/c1-2-20-13-15-24(16-14-20)33-19-23(17-27(33)35)28-31-32-29(36-28)30-26(34)18-25(21-9-5-3-6-10-21)22-11-7-4-8-12-22/h3-16,23,25H,2,17-19H2,1H3,(H,30,32,34). The smallest absolute Gasteiger partial charge is 0.227 e. The summed E-state index contributed by atoms with van der Waals surface area (Å²) in [5.74, 6) is -0.123. The van der Waals surface area contributed by atoms with Crippen LogP contribution in [0.3, 0.4) is 0 Å². The first-order chi connectivity index (χ1) is 17.6. The highest BCUT2D eigenvalue weighted by molar-refractivity contribution is 7.15. The molecule has 0 saturated carbocycles. The van der Waals surface area contributed by atoms with Crippen molar-refractivity contribution in [2.24, 2.45) is 0 Å². The van der Waals surface area contributed by atoms with E-state index in [2.05, 4.69) is 34.6 Å². The lowest BCUT2D eigenvalue weighted by atomic mass is 9.88. The van der Waals surface area contributed by atoms with Crippen LogP contribution in [0.5, 0.6) is 0 Å². The Balaban J connectivity index is 1.25. The van der Waals surface area contributed by atoms with Crippen LogP contribution in [0.25, 0.3) is 0 Å².